The lowest BCUT2D eigenvalue weighted by atomic mass is 10.1. The zero-order chi connectivity index (χ0) is 16.1. The van der Waals surface area contributed by atoms with Gasteiger partial charge in [0.05, 0.1) is 0 Å². The number of rotatable bonds is 4. The molecular weight excluding hydrogens is 313 g/mol. The lowest BCUT2D eigenvalue weighted by Crippen LogP contribution is -2.41. The number of thioether (sulfide) groups is 1. The van der Waals surface area contributed by atoms with Crippen molar-refractivity contribution in [2.24, 2.45) is 0 Å². The second-order valence-corrected chi connectivity index (χ2v) is 6.64. The second-order valence-electron chi connectivity index (χ2n) is 5.33. The molecule has 3 rings (SSSR count). The van der Waals surface area contributed by atoms with Gasteiger partial charge in [0.1, 0.15) is 0 Å². The molecular formula is C18H18FNO2S. The van der Waals surface area contributed by atoms with Gasteiger partial charge in [0.15, 0.2) is 18.2 Å². The van der Waals surface area contributed by atoms with Gasteiger partial charge in [-0.05, 0) is 17.7 Å². The summed E-state index contributed by atoms with van der Waals surface area (Å²) < 4.78 is 18.8. The number of ether oxygens (including phenoxy) is 1. The van der Waals surface area contributed by atoms with Gasteiger partial charge in [-0.1, -0.05) is 42.5 Å². The third kappa shape index (κ3) is 4.05. The summed E-state index contributed by atoms with van der Waals surface area (Å²) >= 11 is 1.86. The fourth-order valence-corrected chi connectivity index (χ4v) is 3.78. The number of halogens is 1. The molecule has 0 saturated carbocycles. The molecule has 2 aromatic carbocycles. The molecule has 1 heterocycles. The van der Waals surface area contributed by atoms with Gasteiger partial charge in [-0.25, -0.2) is 4.39 Å². The summed E-state index contributed by atoms with van der Waals surface area (Å²) in [6, 6.07) is 16.3. The SMILES string of the molecule is O=C(COc1ccccc1F)N1CCSC(c2ccccc2)C1. The number of carbonyl (C=O) groups is 1. The normalized spacial score (nSPS) is 17.8. The Morgan fingerprint density at radius 1 is 1.17 bits per heavy atom. The van der Waals surface area contributed by atoms with Gasteiger partial charge in [-0.2, -0.15) is 11.8 Å². The third-order valence-electron chi connectivity index (χ3n) is 3.78. The highest BCUT2D eigenvalue weighted by Crippen LogP contribution is 2.33. The number of benzene rings is 2. The van der Waals surface area contributed by atoms with Crippen LogP contribution in [0.15, 0.2) is 54.6 Å². The largest absolute Gasteiger partial charge is 0.481 e. The molecule has 0 bridgehead atoms. The maximum atomic E-state index is 13.5. The van der Waals surface area contributed by atoms with Crippen molar-refractivity contribution in [3.63, 3.8) is 0 Å². The summed E-state index contributed by atoms with van der Waals surface area (Å²) in [5.74, 6) is 0.461. The molecule has 23 heavy (non-hydrogen) atoms. The minimum atomic E-state index is -0.448. The molecule has 1 fully saturated rings. The van der Waals surface area contributed by atoms with Crippen LogP contribution in [-0.4, -0.2) is 36.3 Å². The van der Waals surface area contributed by atoms with Crippen LogP contribution >= 0.6 is 11.8 Å². The molecule has 2 aromatic rings. The lowest BCUT2D eigenvalue weighted by Gasteiger charge is -2.32. The Kier molecular flexibility index (Phi) is 5.18. The van der Waals surface area contributed by atoms with Gasteiger partial charge in [-0.15, -0.1) is 0 Å². The first-order chi connectivity index (χ1) is 11.2. The van der Waals surface area contributed by atoms with Crippen molar-refractivity contribution in [2.75, 3.05) is 25.4 Å². The number of nitrogens with zero attached hydrogens (tertiary/aromatic N) is 1. The standard InChI is InChI=1S/C18H18FNO2S/c19-15-8-4-5-9-16(15)22-13-18(21)20-10-11-23-17(12-20)14-6-2-1-3-7-14/h1-9,17H,10-13H2. The number of amides is 1. The number of hydrogen-bond acceptors (Lipinski definition) is 3. The van der Waals surface area contributed by atoms with E-state index in [1.807, 2.05) is 30.0 Å². The van der Waals surface area contributed by atoms with Crippen molar-refractivity contribution in [3.8, 4) is 5.75 Å². The molecule has 1 aliphatic heterocycles. The van der Waals surface area contributed by atoms with E-state index >= 15 is 0 Å². The van der Waals surface area contributed by atoms with Crippen molar-refractivity contribution < 1.29 is 13.9 Å². The average Bonchev–Trinajstić information content (AvgIpc) is 2.62. The van der Waals surface area contributed by atoms with E-state index in [0.717, 1.165) is 5.75 Å². The van der Waals surface area contributed by atoms with Crippen molar-refractivity contribution >= 4 is 17.7 Å². The molecule has 0 radical (unpaired) electrons. The Labute approximate surface area is 139 Å². The smallest absolute Gasteiger partial charge is 0.260 e. The maximum Gasteiger partial charge on any atom is 0.260 e. The molecule has 0 aliphatic carbocycles. The summed E-state index contributed by atoms with van der Waals surface area (Å²) in [6.07, 6.45) is 0. The quantitative estimate of drug-likeness (QED) is 0.858. The van der Waals surface area contributed by atoms with Gasteiger partial charge in [0.2, 0.25) is 0 Å². The Bertz CT molecular complexity index is 665. The summed E-state index contributed by atoms with van der Waals surface area (Å²) in [5.41, 5.74) is 1.23. The lowest BCUT2D eigenvalue weighted by molar-refractivity contribution is -0.133. The molecule has 1 amide bonds. The predicted octanol–water partition coefficient (Wildman–Crippen LogP) is 3.52. The Morgan fingerprint density at radius 3 is 2.70 bits per heavy atom. The van der Waals surface area contributed by atoms with Crippen molar-refractivity contribution in [2.45, 2.75) is 5.25 Å². The highest BCUT2D eigenvalue weighted by Gasteiger charge is 2.25. The van der Waals surface area contributed by atoms with E-state index in [-0.39, 0.29) is 23.5 Å². The molecule has 1 atom stereocenters. The van der Waals surface area contributed by atoms with Crippen LogP contribution in [0.3, 0.4) is 0 Å². The van der Waals surface area contributed by atoms with E-state index in [1.54, 1.807) is 17.0 Å². The van der Waals surface area contributed by atoms with E-state index in [1.165, 1.54) is 17.7 Å². The second kappa shape index (κ2) is 7.51. The van der Waals surface area contributed by atoms with E-state index in [9.17, 15) is 9.18 Å². The zero-order valence-corrected chi connectivity index (χ0v) is 13.5. The van der Waals surface area contributed by atoms with Crippen LogP contribution < -0.4 is 4.74 Å². The number of para-hydroxylation sites is 1. The molecule has 0 spiro atoms. The number of hydrogen-bond donors (Lipinski definition) is 0. The Balaban J connectivity index is 1.58. The highest BCUT2D eigenvalue weighted by atomic mass is 32.2. The van der Waals surface area contributed by atoms with Crippen molar-refractivity contribution in [1.82, 2.24) is 4.90 Å². The molecule has 0 aromatic heterocycles. The third-order valence-corrected chi connectivity index (χ3v) is 5.02. The summed E-state index contributed by atoms with van der Waals surface area (Å²) in [4.78, 5) is 14.1. The Morgan fingerprint density at radius 2 is 1.91 bits per heavy atom. The zero-order valence-electron chi connectivity index (χ0n) is 12.7. The van der Waals surface area contributed by atoms with Crippen LogP contribution in [0.2, 0.25) is 0 Å². The van der Waals surface area contributed by atoms with E-state index in [4.69, 9.17) is 4.74 Å². The van der Waals surface area contributed by atoms with Gasteiger partial charge in [0.25, 0.3) is 5.91 Å². The monoisotopic (exact) mass is 331 g/mol. The van der Waals surface area contributed by atoms with Crippen LogP contribution in [0.4, 0.5) is 4.39 Å². The van der Waals surface area contributed by atoms with Gasteiger partial charge in [-0.3, -0.25) is 4.79 Å². The molecule has 1 aliphatic rings. The minimum absolute atomic E-state index is 0.102. The predicted molar refractivity (Wildman–Crippen MR) is 90.1 cm³/mol. The van der Waals surface area contributed by atoms with Crippen LogP contribution in [0.1, 0.15) is 10.8 Å². The van der Waals surface area contributed by atoms with E-state index in [2.05, 4.69) is 12.1 Å². The molecule has 0 N–H and O–H groups in total. The van der Waals surface area contributed by atoms with Crippen LogP contribution in [0, 0.1) is 5.82 Å². The Hall–Kier alpha value is -2.01. The fraction of sp³-hybridized carbons (Fsp3) is 0.278. The molecule has 5 heteroatoms. The first-order valence-corrected chi connectivity index (χ1v) is 8.60. The average molecular weight is 331 g/mol. The van der Waals surface area contributed by atoms with Crippen molar-refractivity contribution in [3.05, 3.63) is 66.0 Å². The minimum Gasteiger partial charge on any atom is -0.481 e. The van der Waals surface area contributed by atoms with Gasteiger partial charge in [0, 0.05) is 24.1 Å². The van der Waals surface area contributed by atoms with E-state index in [0.29, 0.717) is 13.1 Å². The summed E-state index contributed by atoms with van der Waals surface area (Å²) in [6.45, 7) is 1.23. The number of carbonyl (C=O) groups excluding carboxylic acids is 1. The summed E-state index contributed by atoms with van der Waals surface area (Å²) in [5, 5.41) is 0.280. The molecule has 1 saturated heterocycles. The van der Waals surface area contributed by atoms with Crippen LogP contribution in [-0.2, 0) is 4.79 Å². The van der Waals surface area contributed by atoms with Gasteiger partial charge >= 0.3 is 0 Å². The maximum absolute atomic E-state index is 13.5. The summed E-state index contributed by atoms with van der Waals surface area (Å²) in [7, 11) is 0. The highest BCUT2D eigenvalue weighted by molar-refractivity contribution is 7.99. The van der Waals surface area contributed by atoms with Crippen LogP contribution in [0.25, 0.3) is 0 Å². The topological polar surface area (TPSA) is 29.5 Å². The molecule has 3 nitrogen and oxygen atoms in total. The van der Waals surface area contributed by atoms with Crippen LogP contribution in [0.5, 0.6) is 5.75 Å². The first kappa shape index (κ1) is 15.9. The molecule has 120 valence electrons. The first-order valence-electron chi connectivity index (χ1n) is 7.55. The van der Waals surface area contributed by atoms with E-state index < -0.39 is 5.82 Å². The fourth-order valence-electron chi connectivity index (χ4n) is 2.54. The molecule has 1 unspecified atom stereocenters. The van der Waals surface area contributed by atoms with Gasteiger partial charge < -0.3 is 9.64 Å². The van der Waals surface area contributed by atoms with Crippen molar-refractivity contribution in [1.29, 1.82) is 0 Å².